The molecule has 0 bridgehead atoms. The quantitative estimate of drug-likeness (QED) is 0.638. The minimum atomic E-state index is -0.272. The molecule has 3 aromatic rings. The first-order valence-corrected chi connectivity index (χ1v) is 8.98. The van der Waals surface area contributed by atoms with Crippen molar-refractivity contribution < 1.29 is 9.59 Å². The number of amides is 1. The Labute approximate surface area is 164 Å². The van der Waals surface area contributed by atoms with Gasteiger partial charge in [0.15, 0.2) is 5.78 Å². The Morgan fingerprint density at radius 2 is 1.71 bits per heavy atom. The zero-order chi connectivity index (χ0) is 20.1. The molecular formula is C22H22N4O2. The summed E-state index contributed by atoms with van der Waals surface area (Å²) >= 11 is 0. The third kappa shape index (κ3) is 5.01. The summed E-state index contributed by atoms with van der Waals surface area (Å²) < 4.78 is 0. The number of hydrogen-bond acceptors (Lipinski definition) is 5. The number of ketones is 1. The zero-order valence-electron chi connectivity index (χ0n) is 16.1. The van der Waals surface area contributed by atoms with Crippen molar-refractivity contribution >= 4 is 23.2 Å². The molecule has 0 aliphatic carbocycles. The molecule has 0 saturated carbocycles. The minimum Gasteiger partial charge on any atom is -0.347 e. The lowest BCUT2D eigenvalue weighted by Crippen LogP contribution is -2.24. The second kappa shape index (κ2) is 8.43. The summed E-state index contributed by atoms with van der Waals surface area (Å²) in [5.41, 5.74) is 3.80. The number of aryl methyl sites for hydroxylation is 2. The van der Waals surface area contributed by atoms with Crippen molar-refractivity contribution in [1.29, 1.82) is 0 Å². The fraction of sp³-hybridized carbons (Fsp3) is 0.182. The third-order valence-corrected chi connectivity index (χ3v) is 4.19. The number of Topliss-reactive ketones (excluding diaryl/α,β-unsaturated/α-hetero) is 1. The van der Waals surface area contributed by atoms with Crippen LogP contribution in [0.1, 0.15) is 44.7 Å². The fourth-order valence-corrected chi connectivity index (χ4v) is 2.69. The van der Waals surface area contributed by atoms with Gasteiger partial charge in [0, 0.05) is 23.9 Å². The molecule has 28 heavy (non-hydrogen) atoms. The summed E-state index contributed by atoms with van der Waals surface area (Å²) in [6, 6.07) is 16.7. The molecule has 0 spiro atoms. The molecule has 1 heterocycles. The summed E-state index contributed by atoms with van der Waals surface area (Å²) in [7, 11) is 0. The van der Waals surface area contributed by atoms with E-state index in [1.165, 1.54) is 12.5 Å². The standard InChI is InChI=1S/C22H22N4O2/c1-14-7-9-17(10-8-14)13-23-22(28)20-12-21(25-16(3)24-20)26-19-6-4-5-18(11-19)15(2)27/h4-12H,13H2,1-3H3,(H,23,28)(H,24,25,26). The highest BCUT2D eigenvalue weighted by Crippen LogP contribution is 2.17. The molecule has 0 radical (unpaired) electrons. The molecule has 0 unspecified atom stereocenters. The molecule has 1 amide bonds. The number of aromatic nitrogens is 2. The van der Waals surface area contributed by atoms with Crippen molar-refractivity contribution in [2.75, 3.05) is 5.32 Å². The highest BCUT2D eigenvalue weighted by molar-refractivity contribution is 5.95. The van der Waals surface area contributed by atoms with Crippen molar-refractivity contribution in [2.24, 2.45) is 0 Å². The Hall–Kier alpha value is -3.54. The Kier molecular flexibility index (Phi) is 5.79. The molecular weight excluding hydrogens is 352 g/mol. The van der Waals surface area contributed by atoms with E-state index >= 15 is 0 Å². The van der Waals surface area contributed by atoms with E-state index in [0.717, 1.165) is 11.3 Å². The van der Waals surface area contributed by atoms with Gasteiger partial charge in [0.1, 0.15) is 17.3 Å². The van der Waals surface area contributed by atoms with Gasteiger partial charge in [0.2, 0.25) is 0 Å². The maximum Gasteiger partial charge on any atom is 0.270 e. The third-order valence-electron chi connectivity index (χ3n) is 4.19. The minimum absolute atomic E-state index is 0.0151. The van der Waals surface area contributed by atoms with Gasteiger partial charge in [-0.25, -0.2) is 9.97 Å². The molecule has 2 N–H and O–H groups in total. The van der Waals surface area contributed by atoms with Crippen molar-refractivity contribution in [3.05, 3.63) is 82.8 Å². The summed E-state index contributed by atoms with van der Waals surface area (Å²) in [5, 5.41) is 6.01. The van der Waals surface area contributed by atoms with E-state index in [1.807, 2.05) is 37.3 Å². The number of hydrogen-bond donors (Lipinski definition) is 2. The second-order valence-electron chi connectivity index (χ2n) is 6.62. The molecule has 142 valence electrons. The van der Waals surface area contributed by atoms with Crippen LogP contribution >= 0.6 is 0 Å². The molecule has 1 aromatic heterocycles. The molecule has 3 rings (SSSR count). The van der Waals surface area contributed by atoms with Crippen LogP contribution in [0.2, 0.25) is 0 Å². The largest absolute Gasteiger partial charge is 0.347 e. The van der Waals surface area contributed by atoms with E-state index in [1.54, 1.807) is 31.2 Å². The average Bonchev–Trinajstić information content (AvgIpc) is 2.67. The lowest BCUT2D eigenvalue weighted by atomic mass is 10.1. The fourth-order valence-electron chi connectivity index (χ4n) is 2.69. The predicted octanol–water partition coefficient (Wildman–Crippen LogP) is 3.97. The first kappa shape index (κ1) is 19.2. The van der Waals surface area contributed by atoms with Crippen LogP contribution in [0, 0.1) is 13.8 Å². The molecule has 0 aliphatic rings. The van der Waals surface area contributed by atoms with Crippen molar-refractivity contribution in [3.8, 4) is 0 Å². The first-order valence-electron chi connectivity index (χ1n) is 8.98. The topological polar surface area (TPSA) is 84.0 Å². The van der Waals surface area contributed by atoms with Gasteiger partial charge >= 0.3 is 0 Å². The summed E-state index contributed by atoms with van der Waals surface area (Å²) in [5.74, 6) is 0.687. The number of anilines is 2. The summed E-state index contributed by atoms with van der Waals surface area (Å²) in [4.78, 5) is 32.6. The Balaban J connectivity index is 1.73. The van der Waals surface area contributed by atoms with E-state index in [2.05, 4.69) is 20.6 Å². The normalized spacial score (nSPS) is 10.4. The van der Waals surface area contributed by atoms with Crippen molar-refractivity contribution in [3.63, 3.8) is 0 Å². The number of carbonyl (C=O) groups is 2. The van der Waals surface area contributed by atoms with E-state index < -0.39 is 0 Å². The van der Waals surface area contributed by atoms with E-state index in [-0.39, 0.29) is 17.4 Å². The van der Waals surface area contributed by atoms with Gasteiger partial charge in [-0.15, -0.1) is 0 Å². The zero-order valence-corrected chi connectivity index (χ0v) is 16.1. The SMILES string of the molecule is CC(=O)c1cccc(Nc2cc(C(=O)NCc3ccc(C)cc3)nc(C)n2)c1. The van der Waals surface area contributed by atoms with Crippen LogP contribution in [0.5, 0.6) is 0 Å². The van der Waals surface area contributed by atoms with Crippen LogP contribution in [-0.4, -0.2) is 21.7 Å². The smallest absolute Gasteiger partial charge is 0.270 e. The lowest BCUT2D eigenvalue weighted by molar-refractivity contribution is 0.0944. The van der Waals surface area contributed by atoms with Gasteiger partial charge in [-0.1, -0.05) is 42.0 Å². The van der Waals surface area contributed by atoms with Gasteiger partial charge in [-0.05, 0) is 38.5 Å². The van der Waals surface area contributed by atoms with E-state index in [9.17, 15) is 9.59 Å². The predicted molar refractivity (Wildman–Crippen MR) is 109 cm³/mol. The number of rotatable bonds is 6. The van der Waals surface area contributed by atoms with Gasteiger partial charge < -0.3 is 10.6 Å². The summed E-state index contributed by atoms with van der Waals surface area (Å²) in [6.07, 6.45) is 0. The van der Waals surface area contributed by atoms with Crippen molar-refractivity contribution in [2.45, 2.75) is 27.3 Å². The van der Waals surface area contributed by atoms with Gasteiger partial charge in [0.05, 0.1) is 0 Å². The number of nitrogens with one attached hydrogen (secondary N) is 2. The van der Waals surface area contributed by atoms with Crippen molar-refractivity contribution in [1.82, 2.24) is 15.3 Å². The van der Waals surface area contributed by atoms with Crippen LogP contribution in [-0.2, 0) is 6.54 Å². The van der Waals surface area contributed by atoms with Gasteiger partial charge in [-0.3, -0.25) is 9.59 Å². The molecule has 0 saturated heterocycles. The van der Waals surface area contributed by atoms with Crippen LogP contribution in [0.15, 0.2) is 54.6 Å². The second-order valence-corrected chi connectivity index (χ2v) is 6.62. The highest BCUT2D eigenvalue weighted by atomic mass is 16.1. The molecule has 0 fully saturated rings. The highest BCUT2D eigenvalue weighted by Gasteiger charge is 2.11. The van der Waals surface area contributed by atoms with Crippen LogP contribution in [0.4, 0.5) is 11.5 Å². The van der Waals surface area contributed by atoms with Crippen LogP contribution in [0.25, 0.3) is 0 Å². The van der Waals surface area contributed by atoms with Gasteiger partial charge in [0.25, 0.3) is 5.91 Å². The number of nitrogens with zero attached hydrogens (tertiary/aromatic N) is 2. The first-order chi connectivity index (χ1) is 13.4. The number of carbonyl (C=O) groups excluding carboxylic acids is 2. The molecule has 0 aliphatic heterocycles. The Bertz CT molecular complexity index is 1010. The molecule has 0 atom stereocenters. The maximum atomic E-state index is 12.5. The number of benzene rings is 2. The lowest BCUT2D eigenvalue weighted by Gasteiger charge is -2.10. The van der Waals surface area contributed by atoms with Crippen LogP contribution < -0.4 is 10.6 Å². The average molecular weight is 374 g/mol. The molecule has 6 nitrogen and oxygen atoms in total. The summed E-state index contributed by atoms with van der Waals surface area (Å²) in [6.45, 7) is 5.69. The monoisotopic (exact) mass is 374 g/mol. The van der Waals surface area contributed by atoms with Gasteiger partial charge in [-0.2, -0.15) is 0 Å². The van der Waals surface area contributed by atoms with E-state index in [4.69, 9.17) is 0 Å². The van der Waals surface area contributed by atoms with Crippen LogP contribution in [0.3, 0.4) is 0 Å². The molecule has 2 aromatic carbocycles. The Morgan fingerprint density at radius 1 is 0.964 bits per heavy atom. The molecule has 6 heteroatoms. The maximum absolute atomic E-state index is 12.5. The van der Waals surface area contributed by atoms with E-state index in [0.29, 0.717) is 23.8 Å². The Morgan fingerprint density at radius 3 is 2.43 bits per heavy atom.